The molecule has 3 heterocycles. The molecule has 1 unspecified atom stereocenters. The minimum Gasteiger partial charge on any atom is -0.298 e. The number of aromatic nitrogens is 2. The van der Waals surface area contributed by atoms with Crippen molar-refractivity contribution in [3.63, 3.8) is 0 Å². The largest absolute Gasteiger partial charge is 0.298 e. The lowest BCUT2D eigenvalue weighted by molar-refractivity contribution is 0.0543. The van der Waals surface area contributed by atoms with Crippen LogP contribution in [0, 0.1) is 0 Å². The summed E-state index contributed by atoms with van der Waals surface area (Å²) < 4.78 is 0. The molecule has 2 atom stereocenters. The van der Waals surface area contributed by atoms with E-state index >= 15 is 0 Å². The van der Waals surface area contributed by atoms with Crippen molar-refractivity contribution in [2.24, 2.45) is 0 Å². The summed E-state index contributed by atoms with van der Waals surface area (Å²) in [7, 11) is 0. The number of benzene rings is 1. The summed E-state index contributed by atoms with van der Waals surface area (Å²) in [5.41, 5.74) is 3.36. The first-order chi connectivity index (χ1) is 10.3. The molecule has 0 aliphatic carbocycles. The second kappa shape index (κ2) is 5.35. The fourth-order valence-corrected chi connectivity index (χ4v) is 3.87. The van der Waals surface area contributed by atoms with Crippen molar-refractivity contribution in [2.75, 3.05) is 19.6 Å². The smallest absolute Gasteiger partial charge is 0.0931 e. The van der Waals surface area contributed by atoms with Gasteiger partial charge in [-0.1, -0.05) is 12.1 Å². The quantitative estimate of drug-likeness (QED) is 0.846. The highest BCUT2D eigenvalue weighted by molar-refractivity contribution is 5.77. The number of fused-ring (bicyclic) bond motifs is 2. The Morgan fingerprint density at radius 3 is 3.05 bits per heavy atom. The maximum atomic E-state index is 4.54. The molecule has 21 heavy (non-hydrogen) atoms. The van der Waals surface area contributed by atoms with E-state index in [-0.39, 0.29) is 0 Å². The third-order valence-electron chi connectivity index (χ3n) is 5.02. The molecule has 2 aromatic rings. The van der Waals surface area contributed by atoms with Crippen molar-refractivity contribution >= 4 is 11.0 Å². The van der Waals surface area contributed by atoms with E-state index < -0.39 is 0 Å². The summed E-state index contributed by atoms with van der Waals surface area (Å²) in [6.45, 7) is 7.04. The van der Waals surface area contributed by atoms with Crippen LogP contribution in [0.1, 0.15) is 25.3 Å². The SMILES string of the molecule is C[C@@H]1CN2CCCC2CN1Cc1cccc2nccnc12. The van der Waals surface area contributed by atoms with Crippen molar-refractivity contribution < 1.29 is 0 Å². The molecule has 4 rings (SSSR count). The van der Waals surface area contributed by atoms with Crippen molar-refractivity contribution in [3.05, 3.63) is 36.2 Å². The molecule has 2 aliphatic heterocycles. The molecule has 1 aromatic carbocycles. The Morgan fingerprint density at radius 2 is 2.10 bits per heavy atom. The van der Waals surface area contributed by atoms with Crippen LogP contribution in [0.5, 0.6) is 0 Å². The van der Waals surface area contributed by atoms with Crippen molar-refractivity contribution in [1.82, 2.24) is 19.8 Å². The number of rotatable bonds is 2. The van der Waals surface area contributed by atoms with Gasteiger partial charge in [0.05, 0.1) is 11.0 Å². The molecule has 2 saturated heterocycles. The summed E-state index contributed by atoms with van der Waals surface area (Å²) in [4.78, 5) is 14.2. The van der Waals surface area contributed by atoms with Crippen molar-refractivity contribution in [2.45, 2.75) is 38.4 Å². The molecule has 4 nitrogen and oxygen atoms in total. The molecule has 2 aliphatic rings. The van der Waals surface area contributed by atoms with Crippen LogP contribution in [0.2, 0.25) is 0 Å². The third kappa shape index (κ3) is 2.43. The molecular formula is C17H22N4. The average molecular weight is 282 g/mol. The minimum atomic E-state index is 0.617. The zero-order chi connectivity index (χ0) is 14.2. The van der Waals surface area contributed by atoms with Gasteiger partial charge in [-0.15, -0.1) is 0 Å². The molecule has 1 aromatic heterocycles. The van der Waals surface area contributed by atoms with Gasteiger partial charge in [-0.3, -0.25) is 19.8 Å². The Labute approximate surface area is 125 Å². The summed E-state index contributed by atoms with van der Waals surface area (Å²) in [5.74, 6) is 0. The second-order valence-electron chi connectivity index (χ2n) is 6.41. The third-order valence-corrected chi connectivity index (χ3v) is 5.02. The number of para-hydroxylation sites is 1. The van der Waals surface area contributed by atoms with Gasteiger partial charge in [0.2, 0.25) is 0 Å². The van der Waals surface area contributed by atoms with E-state index in [1.165, 1.54) is 38.0 Å². The van der Waals surface area contributed by atoms with Gasteiger partial charge in [-0.2, -0.15) is 0 Å². The van der Waals surface area contributed by atoms with Crippen LogP contribution < -0.4 is 0 Å². The lowest BCUT2D eigenvalue weighted by Crippen LogP contribution is -2.54. The molecule has 4 heteroatoms. The summed E-state index contributed by atoms with van der Waals surface area (Å²) in [6.07, 6.45) is 6.29. The van der Waals surface area contributed by atoms with Crippen LogP contribution >= 0.6 is 0 Å². The Balaban J connectivity index is 1.59. The average Bonchev–Trinajstić information content (AvgIpc) is 2.95. The van der Waals surface area contributed by atoms with E-state index in [0.29, 0.717) is 6.04 Å². The summed E-state index contributed by atoms with van der Waals surface area (Å²) in [5, 5.41) is 0. The molecule has 2 fully saturated rings. The molecule has 0 amide bonds. The standard InChI is InChI=1S/C17H22N4/c1-13-10-20-9-3-5-15(20)12-21(13)11-14-4-2-6-16-17(14)19-8-7-18-16/h2,4,6-8,13,15H,3,5,9-12H2,1H3/t13-,15?/m1/s1. The fourth-order valence-electron chi connectivity index (χ4n) is 3.87. The van der Waals surface area contributed by atoms with E-state index in [1.54, 1.807) is 12.4 Å². The van der Waals surface area contributed by atoms with Gasteiger partial charge in [0.1, 0.15) is 0 Å². The molecule has 0 spiro atoms. The highest BCUT2D eigenvalue weighted by atomic mass is 15.3. The lowest BCUT2D eigenvalue weighted by atomic mass is 10.1. The highest BCUT2D eigenvalue weighted by Crippen LogP contribution is 2.26. The first kappa shape index (κ1) is 13.2. The zero-order valence-electron chi connectivity index (χ0n) is 12.6. The summed E-state index contributed by atoms with van der Waals surface area (Å²) >= 11 is 0. The van der Waals surface area contributed by atoms with E-state index in [9.17, 15) is 0 Å². The molecule has 0 saturated carbocycles. The molecule has 0 radical (unpaired) electrons. The van der Waals surface area contributed by atoms with Crippen molar-refractivity contribution in [1.29, 1.82) is 0 Å². The van der Waals surface area contributed by atoms with Gasteiger partial charge in [0.25, 0.3) is 0 Å². The topological polar surface area (TPSA) is 32.3 Å². The molecule has 110 valence electrons. The Morgan fingerprint density at radius 1 is 1.19 bits per heavy atom. The number of hydrogen-bond donors (Lipinski definition) is 0. The van der Waals surface area contributed by atoms with Crippen molar-refractivity contribution in [3.8, 4) is 0 Å². The Hall–Kier alpha value is -1.52. The monoisotopic (exact) mass is 282 g/mol. The maximum absolute atomic E-state index is 4.54. The van der Waals surface area contributed by atoms with Gasteiger partial charge in [-0.05, 0) is 37.9 Å². The normalized spacial score (nSPS) is 27.1. The second-order valence-corrected chi connectivity index (χ2v) is 6.41. The maximum Gasteiger partial charge on any atom is 0.0931 e. The highest BCUT2D eigenvalue weighted by Gasteiger charge is 2.34. The fraction of sp³-hybridized carbons (Fsp3) is 0.529. The molecule has 0 bridgehead atoms. The molecule has 0 N–H and O–H groups in total. The predicted molar refractivity (Wildman–Crippen MR) is 84.0 cm³/mol. The van der Waals surface area contributed by atoms with Crippen LogP contribution in [-0.2, 0) is 6.54 Å². The van der Waals surface area contributed by atoms with E-state index in [4.69, 9.17) is 0 Å². The first-order valence-electron chi connectivity index (χ1n) is 7.98. The Bertz CT molecular complexity index is 636. The van der Waals surface area contributed by atoms with E-state index in [0.717, 1.165) is 23.6 Å². The number of hydrogen-bond acceptors (Lipinski definition) is 4. The lowest BCUT2D eigenvalue weighted by Gasteiger charge is -2.42. The van der Waals surface area contributed by atoms with Gasteiger partial charge >= 0.3 is 0 Å². The van der Waals surface area contributed by atoms with Crippen LogP contribution in [-0.4, -0.2) is 51.5 Å². The van der Waals surface area contributed by atoms with Gasteiger partial charge < -0.3 is 0 Å². The Kier molecular flexibility index (Phi) is 3.36. The van der Waals surface area contributed by atoms with Crippen LogP contribution in [0.3, 0.4) is 0 Å². The molecular weight excluding hydrogens is 260 g/mol. The zero-order valence-corrected chi connectivity index (χ0v) is 12.6. The number of piperazine rings is 1. The summed E-state index contributed by atoms with van der Waals surface area (Å²) in [6, 6.07) is 7.73. The van der Waals surface area contributed by atoms with Gasteiger partial charge in [-0.25, -0.2) is 0 Å². The minimum absolute atomic E-state index is 0.617. The van der Waals surface area contributed by atoms with Gasteiger partial charge in [0.15, 0.2) is 0 Å². The van der Waals surface area contributed by atoms with E-state index in [2.05, 4.69) is 38.8 Å². The van der Waals surface area contributed by atoms with E-state index in [1.807, 2.05) is 6.07 Å². The predicted octanol–water partition coefficient (Wildman–Crippen LogP) is 2.30. The van der Waals surface area contributed by atoms with Gasteiger partial charge in [0, 0.05) is 44.1 Å². The van der Waals surface area contributed by atoms with Crippen LogP contribution in [0.4, 0.5) is 0 Å². The van der Waals surface area contributed by atoms with Crippen LogP contribution in [0.15, 0.2) is 30.6 Å². The number of nitrogens with zero attached hydrogens (tertiary/aromatic N) is 4. The van der Waals surface area contributed by atoms with Crippen LogP contribution in [0.25, 0.3) is 11.0 Å². The first-order valence-corrected chi connectivity index (χ1v) is 7.98.